The summed E-state index contributed by atoms with van der Waals surface area (Å²) in [6.45, 7) is 2.00. The number of carboxylic acid groups (broad SMARTS) is 1. The fourth-order valence-electron chi connectivity index (χ4n) is 1.45. The monoisotopic (exact) mass is 236 g/mol. The smallest absolute Gasteiger partial charge is 0.320 e. The summed E-state index contributed by atoms with van der Waals surface area (Å²) in [5.74, 6) is -0.990. The minimum absolute atomic E-state index is 0.285. The van der Waals surface area contributed by atoms with Crippen LogP contribution in [0.5, 0.6) is 0 Å². The maximum atomic E-state index is 10.6. The number of carbonyl (C=O) groups is 1. The number of hydrogen-bond donors (Lipinski definition) is 2. The summed E-state index contributed by atoms with van der Waals surface area (Å²) in [5, 5.41) is 9.49. The zero-order valence-electron chi connectivity index (χ0n) is 8.80. The van der Waals surface area contributed by atoms with E-state index >= 15 is 0 Å². The van der Waals surface area contributed by atoms with Crippen LogP contribution in [-0.4, -0.2) is 22.1 Å². The van der Waals surface area contributed by atoms with Gasteiger partial charge in [0.1, 0.15) is 6.04 Å². The number of nitrogens with zero attached hydrogens (tertiary/aromatic N) is 1. The van der Waals surface area contributed by atoms with Gasteiger partial charge in [-0.2, -0.15) is 0 Å². The van der Waals surface area contributed by atoms with Gasteiger partial charge in [0.15, 0.2) is 0 Å². The second-order valence-electron chi connectivity index (χ2n) is 3.73. The molecule has 0 unspecified atom stereocenters. The molecule has 2 aromatic rings. The van der Waals surface area contributed by atoms with Crippen molar-refractivity contribution in [2.24, 2.45) is 5.73 Å². The van der Waals surface area contributed by atoms with Crippen molar-refractivity contribution in [2.45, 2.75) is 19.4 Å². The highest BCUT2D eigenvalue weighted by molar-refractivity contribution is 7.18. The van der Waals surface area contributed by atoms with Gasteiger partial charge >= 0.3 is 5.97 Å². The Morgan fingerprint density at radius 3 is 3.06 bits per heavy atom. The summed E-state index contributed by atoms with van der Waals surface area (Å²) in [6.07, 6.45) is 0.285. The lowest BCUT2D eigenvalue weighted by atomic mass is 10.2. The molecule has 1 heterocycles. The first kappa shape index (κ1) is 11.0. The molecular weight excluding hydrogens is 224 g/mol. The summed E-state index contributed by atoms with van der Waals surface area (Å²) in [6, 6.07) is 5.13. The van der Waals surface area contributed by atoms with E-state index in [1.165, 1.54) is 11.3 Å². The van der Waals surface area contributed by atoms with E-state index < -0.39 is 12.0 Å². The van der Waals surface area contributed by atoms with Crippen LogP contribution in [0.4, 0.5) is 0 Å². The number of aryl methyl sites for hydroxylation is 1. The second-order valence-corrected chi connectivity index (χ2v) is 4.84. The van der Waals surface area contributed by atoms with Crippen molar-refractivity contribution in [3.05, 3.63) is 28.8 Å². The van der Waals surface area contributed by atoms with Gasteiger partial charge in [0.2, 0.25) is 0 Å². The van der Waals surface area contributed by atoms with Gasteiger partial charge < -0.3 is 10.8 Å². The van der Waals surface area contributed by atoms with E-state index in [0.717, 1.165) is 20.8 Å². The molecule has 1 aromatic heterocycles. The van der Waals surface area contributed by atoms with E-state index in [1.54, 1.807) is 0 Å². The van der Waals surface area contributed by atoms with Crippen molar-refractivity contribution in [3.8, 4) is 0 Å². The Hall–Kier alpha value is -1.46. The first-order valence-electron chi connectivity index (χ1n) is 4.91. The Morgan fingerprint density at radius 1 is 1.62 bits per heavy atom. The van der Waals surface area contributed by atoms with Crippen LogP contribution < -0.4 is 5.73 Å². The normalized spacial score (nSPS) is 12.9. The summed E-state index contributed by atoms with van der Waals surface area (Å²) < 4.78 is 1.07. The van der Waals surface area contributed by atoms with Gasteiger partial charge in [0.05, 0.1) is 15.2 Å². The van der Waals surface area contributed by atoms with Crippen molar-refractivity contribution in [1.29, 1.82) is 0 Å². The minimum Gasteiger partial charge on any atom is -0.480 e. The molecule has 1 atom stereocenters. The maximum absolute atomic E-state index is 10.6. The van der Waals surface area contributed by atoms with Crippen molar-refractivity contribution in [2.75, 3.05) is 0 Å². The Bertz CT molecular complexity index is 536. The fraction of sp³-hybridized carbons (Fsp3) is 0.273. The largest absolute Gasteiger partial charge is 0.480 e. The average molecular weight is 236 g/mol. The van der Waals surface area contributed by atoms with Gasteiger partial charge in [-0.3, -0.25) is 4.79 Å². The van der Waals surface area contributed by atoms with Crippen LogP contribution in [0, 0.1) is 6.92 Å². The Morgan fingerprint density at radius 2 is 2.38 bits per heavy atom. The molecule has 0 saturated carbocycles. The zero-order chi connectivity index (χ0) is 11.7. The van der Waals surface area contributed by atoms with Gasteiger partial charge in [0, 0.05) is 6.42 Å². The number of nitrogens with two attached hydrogens (primary N) is 1. The minimum atomic E-state index is -0.990. The first-order chi connectivity index (χ1) is 7.56. The molecule has 0 radical (unpaired) electrons. The quantitative estimate of drug-likeness (QED) is 0.848. The van der Waals surface area contributed by atoms with Crippen LogP contribution in [0.25, 0.3) is 10.2 Å². The summed E-state index contributed by atoms with van der Waals surface area (Å²) in [5.41, 5.74) is 7.53. The molecular formula is C11H12N2O2S. The first-order valence-corrected chi connectivity index (χ1v) is 5.72. The second kappa shape index (κ2) is 4.19. The molecule has 16 heavy (non-hydrogen) atoms. The molecule has 0 bridgehead atoms. The lowest BCUT2D eigenvalue weighted by Crippen LogP contribution is -2.32. The summed E-state index contributed by atoms with van der Waals surface area (Å²) in [7, 11) is 0. The third-order valence-corrected chi connectivity index (χ3v) is 3.36. The number of rotatable bonds is 3. The van der Waals surface area contributed by atoms with Gasteiger partial charge in [-0.25, -0.2) is 4.98 Å². The molecule has 4 nitrogen and oxygen atoms in total. The van der Waals surface area contributed by atoms with Crippen LogP contribution in [0.1, 0.15) is 10.6 Å². The van der Waals surface area contributed by atoms with E-state index in [9.17, 15) is 4.79 Å². The Labute approximate surface area is 96.7 Å². The van der Waals surface area contributed by atoms with Crippen LogP contribution >= 0.6 is 11.3 Å². The van der Waals surface area contributed by atoms with Crippen LogP contribution in [-0.2, 0) is 11.2 Å². The predicted molar refractivity (Wildman–Crippen MR) is 63.7 cm³/mol. The summed E-state index contributed by atoms with van der Waals surface area (Å²) >= 11 is 1.50. The van der Waals surface area contributed by atoms with Crippen LogP contribution in [0.15, 0.2) is 18.2 Å². The number of carboxylic acids is 1. The van der Waals surface area contributed by atoms with Crippen molar-refractivity contribution < 1.29 is 9.90 Å². The molecule has 0 saturated heterocycles. The molecule has 3 N–H and O–H groups in total. The van der Waals surface area contributed by atoms with Gasteiger partial charge in [0.25, 0.3) is 0 Å². The summed E-state index contributed by atoms with van der Waals surface area (Å²) in [4.78, 5) is 15.0. The predicted octanol–water partition coefficient (Wildman–Crippen LogP) is 1.56. The molecule has 0 aliphatic heterocycles. The third-order valence-electron chi connectivity index (χ3n) is 2.30. The van der Waals surface area contributed by atoms with E-state index in [2.05, 4.69) is 4.98 Å². The molecule has 84 valence electrons. The third kappa shape index (κ3) is 2.20. The zero-order valence-corrected chi connectivity index (χ0v) is 9.62. The number of benzene rings is 1. The molecule has 2 rings (SSSR count). The van der Waals surface area contributed by atoms with Gasteiger partial charge in [-0.15, -0.1) is 11.3 Å². The van der Waals surface area contributed by atoms with Gasteiger partial charge in [-0.05, 0) is 24.6 Å². The average Bonchev–Trinajstić information content (AvgIpc) is 2.58. The number of hydrogen-bond acceptors (Lipinski definition) is 4. The number of aromatic nitrogens is 1. The fourth-order valence-corrected chi connectivity index (χ4v) is 2.45. The topological polar surface area (TPSA) is 76.2 Å². The lowest BCUT2D eigenvalue weighted by Gasteiger charge is -2.01. The highest BCUT2D eigenvalue weighted by Gasteiger charge is 2.14. The molecule has 0 aliphatic carbocycles. The lowest BCUT2D eigenvalue weighted by molar-refractivity contribution is -0.138. The molecule has 0 aliphatic rings. The number of fused-ring (bicyclic) bond motifs is 1. The van der Waals surface area contributed by atoms with Gasteiger partial charge in [-0.1, -0.05) is 6.07 Å². The van der Waals surface area contributed by atoms with E-state index in [0.29, 0.717) is 0 Å². The standard InChI is InChI=1S/C11H12N2O2S/c1-6-2-3-9-8(4-6)13-10(16-9)5-7(12)11(14)15/h2-4,7H,5,12H2,1H3,(H,14,15)/t7-/m1/s1. The van der Waals surface area contributed by atoms with Crippen molar-refractivity contribution in [3.63, 3.8) is 0 Å². The Kier molecular flexibility index (Phi) is 2.89. The van der Waals surface area contributed by atoms with E-state index in [4.69, 9.17) is 10.8 Å². The molecule has 0 amide bonds. The molecule has 5 heteroatoms. The maximum Gasteiger partial charge on any atom is 0.320 e. The highest BCUT2D eigenvalue weighted by Crippen LogP contribution is 2.23. The number of aliphatic carboxylic acids is 1. The highest BCUT2D eigenvalue weighted by atomic mass is 32.1. The SMILES string of the molecule is Cc1ccc2sc(C[C@@H](N)C(=O)O)nc2c1. The van der Waals surface area contributed by atoms with E-state index in [-0.39, 0.29) is 6.42 Å². The van der Waals surface area contributed by atoms with E-state index in [1.807, 2.05) is 25.1 Å². The van der Waals surface area contributed by atoms with Crippen molar-refractivity contribution in [1.82, 2.24) is 4.98 Å². The molecule has 0 spiro atoms. The van der Waals surface area contributed by atoms with Crippen LogP contribution in [0.2, 0.25) is 0 Å². The Balaban J connectivity index is 2.29. The number of thiazole rings is 1. The van der Waals surface area contributed by atoms with Crippen molar-refractivity contribution >= 4 is 27.5 Å². The molecule has 0 fully saturated rings. The van der Waals surface area contributed by atoms with Crippen LogP contribution in [0.3, 0.4) is 0 Å². The molecule has 1 aromatic carbocycles.